The molecule has 2 aromatic carbocycles. The summed E-state index contributed by atoms with van der Waals surface area (Å²) in [6.07, 6.45) is 4.63. The Morgan fingerprint density at radius 2 is 2.03 bits per heavy atom. The van der Waals surface area contributed by atoms with E-state index in [2.05, 4.69) is 32.3 Å². The molecule has 35 heavy (non-hydrogen) atoms. The first-order valence-corrected chi connectivity index (χ1v) is 10.8. The molecule has 0 aliphatic heterocycles. The minimum Gasteiger partial charge on any atom is -0.383 e. The van der Waals surface area contributed by atoms with Crippen LogP contribution in [0.5, 0.6) is 0 Å². The van der Waals surface area contributed by atoms with E-state index in [0.29, 0.717) is 33.4 Å². The number of nitrogens with two attached hydrogens (primary N) is 1. The molecule has 170 valence electrons. The number of hydrogen-bond donors (Lipinski definition) is 2. The second-order valence-electron chi connectivity index (χ2n) is 7.74. The summed E-state index contributed by atoms with van der Waals surface area (Å²) in [5.41, 5.74) is 7.83. The summed E-state index contributed by atoms with van der Waals surface area (Å²) in [5, 5.41) is 13.1. The zero-order valence-electron chi connectivity index (χ0n) is 17.8. The van der Waals surface area contributed by atoms with Gasteiger partial charge in [0.05, 0.1) is 34.2 Å². The smallest absolute Gasteiger partial charge is 0.264 e. The molecule has 9 nitrogen and oxygen atoms in total. The lowest BCUT2D eigenvalue weighted by Crippen LogP contribution is -2.25. The minimum atomic E-state index is -0.630. The van der Waals surface area contributed by atoms with Crippen molar-refractivity contribution in [3.05, 3.63) is 94.1 Å². The van der Waals surface area contributed by atoms with Gasteiger partial charge < -0.3 is 5.73 Å². The van der Waals surface area contributed by atoms with Crippen LogP contribution in [0.3, 0.4) is 0 Å². The molecule has 4 aromatic heterocycles. The molecule has 4 heterocycles. The Balaban J connectivity index is 1.64. The fraction of sp³-hybridized carbons (Fsp3) is 0.0417. The number of aromatic amines is 1. The van der Waals surface area contributed by atoms with E-state index < -0.39 is 11.4 Å². The quantitative estimate of drug-likeness (QED) is 0.395. The maximum absolute atomic E-state index is 14.9. The molecule has 0 fully saturated rings. The first kappa shape index (κ1) is 20.8. The van der Waals surface area contributed by atoms with E-state index in [0.717, 1.165) is 6.07 Å². The molecular weight excluding hydrogens is 471 g/mol. The normalized spacial score (nSPS) is 11.3. The molecule has 0 atom stereocenters. The van der Waals surface area contributed by atoms with Gasteiger partial charge in [-0.3, -0.25) is 14.5 Å². The van der Waals surface area contributed by atoms with Crippen LogP contribution in [-0.2, 0) is 6.54 Å². The van der Waals surface area contributed by atoms with Gasteiger partial charge in [-0.1, -0.05) is 35.9 Å². The van der Waals surface area contributed by atoms with Crippen LogP contribution in [0.2, 0.25) is 5.02 Å². The van der Waals surface area contributed by atoms with Crippen molar-refractivity contribution in [1.82, 2.24) is 34.5 Å². The summed E-state index contributed by atoms with van der Waals surface area (Å²) in [4.78, 5) is 22.1. The number of aromatic nitrogens is 7. The molecular formula is C24H14ClFN8O. The van der Waals surface area contributed by atoms with Crippen LogP contribution in [-0.4, -0.2) is 34.5 Å². The molecule has 0 radical (unpaired) electrons. The number of H-pyrrole nitrogens is 1. The highest BCUT2D eigenvalue weighted by Gasteiger charge is 2.21. The molecule has 0 aliphatic carbocycles. The molecule has 0 bridgehead atoms. The summed E-state index contributed by atoms with van der Waals surface area (Å²) in [6.45, 7) is 0.0700. The highest BCUT2D eigenvalue weighted by atomic mass is 35.5. The first-order valence-electron chi connectivity index (χ1n) is 10.4. The summed E-state index contributed by atoms with van der Waals surface area (Å²) in [7, 11) is 0. The van der Waals surface area contributed by atoms with E-state index in [1.807, 2.05) is 0 Å². The Labute approximate surface area is 201 Å². The maximum Gasteiger partial charge on any atom is 0.264 e. The van der Waals surface area contributed by atoms with E-state index in [-0.39, 0.29) is 28.5 Å². The molecule has 0 amide bonds. The second kappa shape index (κ2) is 7.93. The second-order valence-corrected chi connectivity index (χ2v) is 8.15. The van der Waals surface area contributed by atoms with Gasteiger partial charge in [-0.15, -0.1) is 0 Å². The van der Waals surface area contributed by atoms with Crippen molar-refractivity contribution in [2.24, 2.45) is 0 Å². The Morgan fingerprint density at radius 3 is 2.83 bits per heavy atom. The van der Waals surface area contributed by atoms with Gasteiger partial charge in [0, 0.05) is 29.6 Å². The van der Waals surface area contributed by atoms with Crippen molar-refractivity contribution < 1.29 is 4.39 Å². The molecule has 3 N–H and O–H groups in total. The number of hydrogen-bond acceptors (Lipinski definition) is 6. The Morgan fingerprint density at radius 1 is 1.17 bits per heavy atom. The Kier molecular flexibility index (Phi) is 4.72. The van der Waals surface area contributed by atoms with Crippen LogP contribution >= 0.6 is 11.6 Å². The standard InChI is InChI=1S/C24H14ClFN8O/c25-16-5-3-4-13-8-15(34(24(35)19(13)16)18-7-2-1-6-17(18)26)11-33-23-20(22(27)28-12-29-23)21(32-33)14-9-30-31-10-14/h3-10,12H,11H2,(H,30,31)(H2,27,28,29). The highest BCUT2D eigenvalue weighted by Crippen LogP contribution is 2.30. The lowest BCUT2D eigenvalue weighted by molar-refractivity contribution is 0.607. The molecule has 11 heteroatoms. The average Bonchev–Trinajstić information content (AvgIpc) is 3.49. The largest absolute Gasteiger partial charge is 0.383 e. The van der Waals surface area contributed by atoms with E-state index >= 15 is 0 Å². The van der Waals surface area contributed by atoms with E-state index in [4.69, 9.17) is 22.4 Å². The number of benzene rings is 1. The zero-order valence-corrected chi connectivity index (χ0v) is 18.6. The number of nitrogens with one attached hydrogen (secondary N) is 1. The van der Waals surface area contributed by atoms with Gasteiger partial charge in [-0.25, -0.2) is 19.0 Å². The number of pyridine rings is 1. The average molecular weight is 485 g/mol. The van der Waals surface area contributed by atoms with Crippen LogP contribution in [0.1, 0.15) is 5.69 Å². The van der Waals surface area contributed by atoms with E-state index in [9.17, 15) is 9.18 Å². The number of nitrogens with zero attached hydrogens (tertiary/aromatic N) is 6. The van der Waals surface area contributed by atoms with Crippen molar-refractivity contribution >= 4 is 39.2 Å². The van der Waals surface area contributed by atoms with Gasteiger partial charge >= 0.3 is 0 Å². The van der Waals surface area contributed by atoms with Crippen LogP contribution in [0.15, 0.2) is 59.9 Å². The van der Waals surface area contributed by atoms with Crippen LogP contribution in [0.25, 0.3) is 38.8 Å². The number of nitrogen functional groups attached to an aromatic ring is 1. The van der Waals surface area contributed by atoms with Crippen molar-refractivity contribution in [3.63, 3.8) is 0 Å². The van der Waals surface area contributed by atoms with Gasteiger partial charge in [-0.2, -0.15) is 10.2 Å². The summed E-state index contributed by atoms with van der Waals surface area (Å²) in [5.74, 6) is -0.381. The van der Waals surface area contributed by atoms with E-state index in [1.165, 1.54) is 17.0 Å². The third kappa shape index (κ3) is 3.29. The maximum atomic E-state index is 14.9. The molecule has 0 spiro atoms. The lowest BCUT2D eigenvalue weighted by Gasteiger charge is -2.15. The van der Waals surface area contributed by atoms with E-state index in [1.54, 1.807) is 41.3 Å². The fourth-order valence-corrected chi connectivity index (χ4v) is 4.42. The third-order valence-corrected chi connectivity index (χ3v) is 6.01. The van der Waals surface area contributed by atoms with Gasteiger partial charge in [0.2, 0.25) is 0 Å². The van der Waals surface area contributed by atoms with Gasteiger partial charge in [0.25, 0.3) is 5.56 Å². The van der Waals surface area contributed by atoms with Crippen molar-refractivity contribution in [1.29, 1.82) is 0 Å². The summed E-state index contributed by atoms with van der Waals surface area (Å²) in [6, 6.07) is 14.7. The van der Waals surface area contributed by atoms with Gasteiger partial charge in [0.15, 0.2) is 11.5 Å². The molecule has 6 rings (SSSR count). The minimum absolute atomic E-state index is 0.0197. The summed E-state index contributed by atoms with van der Waals surface area (Å²) < 4.78 is 17.7. The van der Waals surface area contributed by atoms with Crippen LogP contribution in [0, 0.1) is 17.9 Å². The molecule has 0 saturated carbocycles. The zero-order chi connectivity index (χ0) is 24.1. The van der Waals surface area contributed by atoms with Gasteiger partial charge in [-0.05, 0) is 17.5 Å². The molecule has 0 aliphatic rings. The topological polar surface area (TPSA) is 120 Å². The molecule has 0 unspecified atom stereocenters. The number of fused-ring (bicyclic) bond motifs is 2. The lowest BCUT2D eigenvalue weighted by atomic mass is 10.1. The third-order valence-electron chi connectivity index (χ3n) is 5.69. The fourth-order valence-electron chi connectivity index (χ4n) is 4.16. The van der Waals surface area contributed by atoms with Crippen LogP contribution < -0.4 is 11.3 Å². The predicted octanol–water partition coefficient (Wildman–Crippen LogP) is 3.54. The monoisotopic (exact) mass is 484 g/mol. The summed E-state index contributed by atoms with van der Waals surface area (Å²) >= 11 is 6.35. The highest BCUT2D eigenvalue weighted by molar-refractivity contribution is 6.35. The Hall–Kier alpha value is -4.75. The van der Waals surface area contributed by atoms with Crippen LogP contribution in [0.4, 0.5) is 10.2 Å². The number of halogens is 2. The molecule has 0 saturated heterocycles. The predicted molar refractivity (Wildman–Crippen MR) is 129 cm³/mol. The molecule has 6 aromatic rings. The van der Waals surface area contributed by atoms with Crippen molar-refractivity contribution in [2.45, 2.75) is 6.54 Å². The number of anilines is 1. The van der Waals surface area contributed by atoms with Crippen molar-refractivity contribution in [3.8, 4) is 16.9 Å². The van der Waals surface area contributed by atoms with Gasteiger partial charge in [0.1, 0.15) is 17.8 Å². The Bertz CT molecular complexity index is 1790. The SMILES string of the molecule is Nc1ncnc2c1c(-c1cn[nH]c1)nn2Cc1cc2cccc(Cl)c2c(=O)n1-c1cc#ccc1F. The number of rotatable bonds is 4. The first-order chi connectivity index (χ1) is 17.0. The van der Waals surface area contributed by atoms with Crippen molar-refractivity contribution in [2.75, 3.05) is 5.73 Å².